The molecule has 0 fully saturated rings. The summed E-state index contributed by atoms with van der Waals surface area (Å²) in [7, 11) is 0. The highest BCUT2D eigenvalue weighted by molar-refractivity contribution is 7.80. The second-order valence-corrected chi connectivity index (χ2v) is 5.16. The van der Waals surface area contributed by atoms with E-state index in [1.165, 1.54) is 5.56 Å². The van der Waals surface area contributed by atoms with Crippen LogP contribution in [0.15, 0.2) is 34.5 Å². The number of benzene rings is 1. The molecular weight excluding hydrogens is 258 g/mol. The Hall–Kier alpha value is -1.49. The van der Waals surface area contributed by atoms with Crippen molar-refractivity contribution in [3.63, 3.8) is 0 Å². The Kier molecular flexibility index (Phi) is 4.47. The number of likely N-dealkylation sites (N-methyl/N-ethyl adjacent to an activating group) is 1. The molecule has 4 nitrogen and oxygen atoms in total. The lowest BCUT2D eigenvalue weighted by Crippen LogP contribution is -2.36. The molecule has 0 aromatic heterocycles. The number of rotatable bonds is 5. The van der Waals surface area contributed by atoms with E-state index in [-0.39, 0.29) is 6.17 Å². The van der Waals surface area contributed by atoms with E-state index in [0.717, 1.165) is 12.3 Å². The van der Waals surface area contributed by atoms with Crippen LogP contribution >= 0.6 is 12.2 Å². The lowest BCUT2D eigenvalue weighted by atomic mass is 10.0. The first kappa shape index (κ1) is 13.9. The van der Waals surface area contributed by atoms with Crippen LogP contribution in [0.4, 0.5) is 0 Å². The van der Waals surface area contributed by atoms with Gasteiger partial charge in [-0.3, -0.25) is 0 Å². The molecule has 2 rings (SSSR count). The Bertz CT molecular complexity index is 470. The third kappa shape index (κ3) is 3.29. The van der Waals surface area contributed by atoms with E-state index in [0.29, 0.717) is 17.6 Å². The second kappa shape index (κ2) is 6.10. The molecule has 1 atom stereocenters. The third-order valence-electron chi connectivity index (χ3n) is 3.17. The first-order valence-corrected chi connectivity index (χ1v) is 6.97. The lowest BCUT2D eigenvalue weighted by Gasteiger charge is -2.21. The molecule has 1 aromatic carbocycles. The predicted octanol–water partition coefficient (Wildman–Crippen LogP) is 3.59. The average Bonchev–Trinajstić information content (AvgIpc) is 2.77. The Morgan fingerprint density at radius 2 is 2.00 bits per heavy atom. The normalized spacial score (nSPS) is 18.4. The Labute approximate surface area is 119 Å². The highest BCUT2D eigenvalue weighted by Gasteiger charge is 2.25. The first-order chi connectivity index (χ1) is 9.11. The van der Waals surface area contributed by atoms with Crippen LogP contribution in [0.25, 0.3) is 0 Å². The van der Waals surface area contributed by atoms with Gasteiger partial charge in [-0.05, 0) is 42.8 Å². The van der Waals surface area contributed by atoms with Crippen molar-refractivity contribution in [2.75, 3.05) is 13.2 Å². The number of hydrogen-bond acceptors (Lipinski definition) is 3. The molecule has 0 bridgehead atoms. The summed E-state index contributed by atoms with van der Waals surface area (Å²) in [5.41, 5.74) is 1.31. The molecule has 0 N–H and O–H groups in total. The quantitative estimate of drug-likeness (QED) is 0.772. The number of hydrogen-bond donors (Lipinski definition) is 0. The van der Waals surface area contributed by atoms with Gasteiger partial charge in [-0.25, -0.2) is 0 Å². The summed E-state index contributed by atoms with van der Waals surface area (Å²) in [6.45, 7) is 7.65. The highest BCUT2D eigenvalue weighted by Crippen LogP contribution is 2.20. The number of thiocarbonyl (C=S) groups is 1. The molecule has 1 aliphatic heterocycles. The average molecular weight is 277 g/mol. The molecule has 0 radical (unpaired) electrons. The summed E-state index contributed by atoms with van der Waals surface area (Å²) >= 11 is 5.10. The van der Waals surface area contributed by atoms with Crippen LogP contribution < -0.4 is 4.74 Å². The van der Waals surface area contributed by atoms with Crippen LogP contribution in [-0.2, 0) is 0 Å². The predicted molar refractivity (Wildman–Crippen MR) is 79.6 cm³/mol. The molecular formula is C14H19N3OS. The molecule has 5 heteroatoms. The molecule has 0 aliphatic carbocycles. The van der Waals surface area contributed by atoms with Crippen molar-refractivity contribution in [2.45, 2.75) is 32.9 Å². The van der Waals surface area contributed by atoms with E-state index in [1.807, 2.05) is 24.0 Å². The van der Waals surface area contributed by atoms with E-state index in [1.54, 1.807) is 0 Å². The van der Waals surface area contributed by atoms with E-state index >= 15 is 0 Å². The number of azo groups is 1. The van der Waals surface area contributed by atoms with Gasteiger partial charge in [0.25, 0.3) is 0 Å². The smallest absolute Gasteiger partial charge is 0.217 e. The summed E-state index contributed by atoms with van der Waals surface area (Å²) in [5.74, 6) is 1.39. The molecule has 1 unspecified atom stereocenters. The molecule has 1 aromatic rings. The maximum atomic E-state index is 5.75. The van der Waals surface area contributed by atoms with Crippen molar-refractivity contribution in [2.24, 2.45) is 10.2 Å². The first-order valence-electron chi connectivity index (χ1n) is 6.56. The zero-order valence-corrected chi connectivity index (χ0v) is 12.4. The van der Waals surface area contributed by atoms with Crippen LogP contribution in [0.1, 0.15) is 32.3 Å². The van der Waals surface area contributed by atoms with Crippen LogP contribution in [-0.4, -0.2) is 29.3 Å². The summed E-state index contributed by atoms with van der Waals surface area (Å²) in [6.07, 6.45) is -0.0951. The van der Waals surface area contributed by atoms with E-state index in [2.05, 4.69) is 36.2 Å². The fourth-order valence-corrected chi connectivity index (χ4v) is 2.25. The maximum absolute atomic E-state index is 5.75. The topological polar surface area (TPSA) is 37.2 Å². The van der Waals surface area contributed by atoms with Crippen LogP contribution in [0.5, 0.6) is 5.75 Å². The van der Waals surface area contributed by atoms with Crippen LogP contribution in [0.2, 0.25) is 0 Å². The molecule has 0 amide bonds. The Morgan fingerprint density at radius 1 is 1.32 bits per heavy atom. The molecule has 1 aliphatic rings. The highest BCUT2D eigenvalue weighted by atomic mass is 32.1. The van der Waals surface area contributed by atoms with E-state index < -0.39 is 0 Å². The minimum absolute atomic E-state index is 0.0951. The van der Waals surface area contributed by atoms with Crippen molar-refractivity contribution in [3.8, 4) is 5.75 Å². The molecule has 19 heavy (non-hydrogen) atoms. The van der Waals surface area contributed by atoms with E-state index in [9.17, 15) is 0 Å². The minimum Gasteiger partial charge on any atom is -0.489 e. The summed E-state index contributed by atoms with van der Waals surface area (Å²) in [4.78, 5) is 1.96. The van der Waals surface area contributed by atoms with Crippen molar-refractivity contribution in [1.29, 1.82) is 0 Å². The Balaban J connectivity index is 1.92. The number of nitrogens with zero attached hydrogens (tertiary/aromatic N) is 3. The molecule has 1 heterocycles. The van der Waals surface area contributed by atoms with Gasteiger partial charge in [0.1, 0.15) is 12.4 Å². The summed E-state index contributed by atoms with van der Waals surface area (Å²) < 4.78 is 5.75. The third-order valence-corrected chi connectivity index (χ3v) is 3.48. The van der Waals surface area contributed by atoms with E-state index in [4.69, 9.17) is 17.0 Å². The number of ether oxygens (including phenoxy) is 1. The summed E-state index contributed by atoms with van der Waals surface area (Å²) in [6, 6.07) is 8.18. The van der Waals surface area contributed by atoms with Gasteiger partial charge in [0.15, 0.2) is 6.17 Å². The Morgan fingerprint density at radius 3 is 2.58 bits per heavy atom. The lowest BCUT2D eigenvalue weighted by molar-refractivity contribution is 0.215. The molecule has 102 valence electrons. The van der Waals surface area contributed by atoms with Gasteiger partial charge in [0.05, 0.1) is 0 Å². The summed E-state index contributed by atoms with van der Waals surface area (Å²) in [5, 5.41) is 8.58. The van der Waals surface area contributed by atoms with Crippen LogP contribution in [0.3, 0.4) is 0 Å². The van der Waals surface area contributed by atoms with Gasteiger partial charge >= 0.3 is 0 Å². The maximum Gasteiger partial charge on any atom is 0.217 e. The fraction of sp³-hybridized carbons (Fsp3) is 0.500. The SMILES string of the molecule is CCN1C(=S)N=NC1COc1ccc(C(C)C)cc1. The zero-order valence-electron chi connectivity index (χ0n) is 11.5. The second-order valence-electron chi connectivity index (χ2n) is 4.80. The van der Waals surface area contributed by atoms with Crippen LogP contribution in [0, 0.1) is 0 Å². The van der Waals surface area contributed by atoms with Gasteiger partial charge in [0, 0.05) is 6.54 Å². The van der Waals surface area contributed by atoms with Crippen molar-refractivity contribution < 1.29 is 4.74 Å². The van der Waals surface area contributed by atoms with Crippen molar-refractivity contribution in [1.82, 2.24) is 4.90 Å². The minimum atomic E-state index is -0.0951. The standard InChI is InChI=1S/C14H19N3OS/c1-4-17-13(15-16-14(17)19)9-18-12-7-5-11(6-8-12)10(2)3/h5-8,10,13H,4,9H2,1-3H3. The van der Waals surface area contributed by atoms with Crippen molar-refractivity contribution >= 4 is 17.3 Å². The fourth-order valence-electron chi connectivity index (χ4n) is 1.95. The molecule has 0 saturated carbocycles. The van der Waals surface area contributed by atoms with Gasteiger partial charge < -0.3 is 9.64 Å². The largest absolute Gasteiger partial charge is 0.489 e. The molecule has 0 saturated heterocycles. The van der Waals surface area contributed by atoms with Crippen molar-refractivity contribution in [3.05, 3.63) is 29.8 Å². The zero-order chi connectivity index (χ0) is 13.8. The van der Waals surface area contributed by atoms with Gasteiger partial charge in [-0.15, -0.1) is 5.11 Å². The van der Waals surface area contributed by atoms with Gasteiger partial charge in [0.2, 0.25) is 5.11 Å². The van der Waals surface area contributed by atoms with Gasteiger partial charge in [-0.2, -0.15) is 5.11 Å². The van der Waals surface area contributed by atoms with Gasteiger partial charge in [-0.1, -0.05) is 26.0 Å². The molecule has 0 spiro atoms. The monoisotopic (exact) mass is 277 g/mol.